The van der Waals surface area contributed by atoms with Crippen LogP contribution in [0, 0.1) is 0 Å². The average Bonchev–Trinajstić information content (AvgIpc) is 3.06. The molecule has 35 heavy (non-hydrogen) atoms. The minimum absolute atomic E-state index is 0.169. The van der Waals surface area contributed by atoms with Crippen LogP contribution in [0.3, 0.4) is 0 Å². The molecule has 0 bridgehead atoms. The zero-order valence-electron chi connectivity index (χ0n) is 19.1. The number of rotatable bonds is 10. The maximum Gasteiger partial charge on any atom is 0.459 e. The van der Waals surface area contributed by atoms with Crippen molar-refractivity contribution in [2.75, 3.05) is 6.61 Å². The van der Waals surface area contributed by atoms with Gasteiger partial charge in [-0.05, 0) is 32.9 Å². The monoisotopic (exact) mass is 514 g/mol. The number of aromatic nitrogens is 3. The van der Waals surface area contributed by atoms with Crippen LogP contribution in [0.1, 0.15) is 27.0 Å². The number of hydrogen-bond acceptors (Lipinski definition) is 11. The third-order valence-electron chi connectivity index (χ3n) is 4.75. The fourth-order valence-corrected chi connectivity index (χ4v) is 4.62. The van der Waals surface area contributed by atoms with Gasteiger partial charge in [0.1, 0.15) is 36.3 Å². The normalized spacial score (nSPS) is 24.6. The van der Waals surface area contributed by atoms with Gasteiger partial charge in [-0.1, -0.05) is 18.2 Å². The number of esters is 1. The first-order valence-electron chi connectivity index (χ1n) is 10.7. The van der Waals surface area contributed by atoms with Crippen molar-refractivity contribution in [2.24, 2.45) is 0 Å². The smallest absolute Gasteiger partial charge is 0.459 e. The summed E-state index contributed by atoms with van der Waals surface area (Å²) in [5.41, 5.74) is -1.72. The predicted molar refractivity (Wildman–Crippen MR) is 119 cm³/mol. The molecule has 1 aromatic heterocycles. The maximum atomic E-state index is 13.5. The molecule has 0 amide bonds. The minimum Gasteiger partial charge on any atom is -0.462 e. The van der Waals surface area contributed by atoms with Gasteiger partial charge in [0.2, 0.25) is 0 Å². The Morgan fingerprint density at radius 2 is 1.91 bits per heavy atom. The molecule has 0 radical (unpaired) electrons. The summed E-state index contributed by atoms with van der Waals surface area (Å²) in [6, 6.07) is 6.92. The minimum atomic E-state index is -4.26. The Labute approximate surface area is 199 Å². The summed E-state index contributed by atoms with van der Waals surface area (Å²) < 4.78 is 35.7. The van der Waals surface area contributed by atoms with Crippen LogP contribution in [0.15, 0.2) is 46.1 Å². The highest BCUT2D eigenvalue weighted by Crippen LogP contribution is 2.45. The lowest BCUT2D eigenvalue weighted by atomic mass is 10.1. The lowest BCUT2D eigenvalue weighted by Crippen LogP contribution is -2.39. The van der Waals surface area contributed by atoms with E-state index in [1.807, 2.05) is 4.98 Å². The van der Waals surface area contributed by atoms with Crippen molar-refractivity contribution in [3.8, 4) is 5.75 Å². The lowest BCUT2D eigenvalue weighted by molar-refractivity contribution is -0.149. The maximum absolute atomic E-state index is 13.5. The molecule has 15 heteroatoms. The van der Waals surface area contributed by atoms with Gasteiger partial charge in [-0.2, -0.15) is 14.9 Å². The molecule has 1 fully saturated rings. The van der Waals surface area contributed by atoms with Crippen molar-refractivity contribution in [2.45, 2.75) is 57.5 Å². The predicted octanol–water partition coefficient (Wildman–Crippen LogP) is -0.316. The number of nitrogens with zero attached hydrogens (tertiary/aromatic N) is 2. The lowest BCUT2D eigenvalue weighted by Gasteiger charge is -2.25. The van der Waals surface area contributed by atoms with Gasteiger partial charge < -0.3 is 24.2 Å². The van der Waals surface area contributed by atoms with Crippen molar-refractivity contribution in [3.05, 3.63) is 57.4 Å². The molecule has 4 N–H and O–H groups in total. The quantitative estimate of drug-likeness (QED) is 0.239. The van der Waals surface area contributed by atoms with Gasteiger partial charge in [-0.25, -0.2) is 9.36 Å². The molecule has 0 spiro atoms. The number of hydrogen-bond donors (Lipinski definition) is 4. The van der Waals surface area contributed by atoms with Gasteiger partial charge in [0.25, 0.3) is 5.56 Å². The van der Waals surface area contributed by atoms with Crippen molar-refractivity contribution >= 4 is 13.7 Å². The summed E-state index contributed by atoms with van der Waals surface area (Å²) >= 11 is 0. The first-order valence-corrected chi connectivity index (χ1v) is 12.2. The molecule has 0 saturated carbocycles. The van der Waals surface area contributed by atoms with Crippen LogP contribution in [0.2, 0.25) is 0 Å². The Balaban J connectivity index is 1.75. The van der Waals surface area contributed by atoms with Crippen LogP contribution in [0.25, 0.3) is 0 Å². The summed E-state index contributed by atoms with van der Waals surface area (Å²) in [6.07, 6.45) is -5.53. The Bertz CT molecular complexity index is 1170. The summed E-state index contributed by atoms with van der Waals surface area (Å²) in [4.78, 5) is 37.4. The van der Waals surface area contributed by atoms with Crippen molar-refractivity contribution in [3.63, 3.8) is 0 Å². The number of nitrogens with one attached hydrogen (secondary N) is 2. The van der Waals surface area contributed by atoms with E-state index in [0.717, 1.165) is 6.20 Å². The second kappa shape index (κ2) is 11.2. The van der Waals surface area contributed by atoms with E-state index < -0.39 is 68.3 Å². The van der Waals surface area contributed by atoms with Gasteiger partial charge in [0.15, 0.2) is 6.23 Å². The summed E-state index contributed by atoms with van der Waals surface area (Å²) in [5, 5.41) is 26.8. The van der Waals surface area contributed by atoms with E-state index in [1.54, 1.807) is 32.0 Å². The van der Waals surface area contributed by atoms with E-state index in [1.165, 1.54) is 19.1 Å². The van der Waals surface area contributed by atoms with E-state index in [9.17, 15) is 29.2 Å². The third kappa shape index (κ3) is 6.84. The average molecular weight is 514 g/mol. The molecule has 1 aromatic carbocycles. The number of para-hydroxylation sites is 1. The van der Waals surface area contributed by atoms with Gasteiger partial charge in [0, 0.05) is 0 Å². The standard InChI is InChI=1S/C20H27N4O10P/c1-11(2)32-19(28)12(3)23-35(30,34-13-7-5-4-6-8-13)31-10-14-16(26)17(27)18(33-14)24-20(29)22-15(25)9-21-24/h4-9,11-12,14,16-18,26-27H,10H2,1-3H3,(H,23,30)(H,22,25,29)/t12-,14+,16-,17-,18+,35?/m0/s1. The molecule has 0 aliphatic carbocycles. The van der Waals surface area contributed by atoms with E-state index >= 15 is 0 Å². The SMILES string of the molecule is CC(C)OC(=O)[C@H](C)NP(=O)(OC[C@H]1O[C@@H](n2ncc(=O)[nH]c2=O)[C@@H](O)[C@H]1O)Oc1ccccc1. The molecule has 6 atom stereocenters. The van der Waals surface area contributed by atoms with Crippen LogP contribution in [-0.4, -0.2) is 68.0 Å². The van der Waals surface area contributed by atoms with E-state index in [2.05, 4.69) is 10.2 Å². The molecular weight excluding hydrogens is 487 g/mol. The highest BCUT2D eigenvalue weighted by molar-refractivity contribution is 7.52. The van der Waals surface area contributed by atoms with Gasteiger partial charge in [-0.15, -0.1) is 0 Å². The Morgan fingerprint density at radius 1 is 1.23 bits per heavy atom. The molecule has 2 heterocycles. The van der Waals surface area contributed by atoms with Crippen molar-refractivity contribution in [1.82, 2.24) is 19.9 Å². The highest BCUT2D eigenvalue weighted by atomic mass is 31.2. The summed E-state index contributed by atoms with van der Waals surface area (Å²) in [7, 11) is -4.26. The highest BCUT2D eigenvalue weighted by Gasteiger charge is 2.46. The van der Waals surface area contributed by atoms with E-state index in [-0.39, 0.29) is 5.75 Å². The zero-order valence-corrected chi connectivity index (χ0v) is 20.0. The molecule has 192 valence electrons. The molecule has 3 rings (SSSR count). The number of ether oxygens (including phenoxy) is 2. The van der Waals surface area contributed by atoms with Crippen molar-refractivity contribution in [1.29, 1.82) is 0 Å². The fraction of sp³-hybridized carbons (Fsp3) is 0.500. The molecule has 1 unspecified atom stereocenters. The van der Waals surface area contributed by atoms with E-state index in [4.69, 9.17) is 18.5 Å². The number of aromatic amines is 1. The topological polar surface area (TPSA) is 191 Å². The first kappa shape index (κ1) is 26.7. The number of H-pyrrole nitrogens is 1. The molecule has 1 saturated heterocycles. The second-order valence-electron chi connectivity index (χ2n) is 7.96. The molecular formula is C20H27N4O10P. The van der Waals surface area contributed by atoms with Gasteiger partial charge in [-0.3, -0.25) is 19.1 Å². The van der Waals surface area contributed by atoms with Crippen LogP contribution < -0.4 is 20.9 Å². The van der Waals surface area contributed by atoms with Crippen molar-refractivity contribution < 1.29 is 38.1 Å². The van der Waals surface area contributed by atoms with Crippen LogP contribution in [0.4, 0.5) is 0 Å². The Morgan fingerprint density at radius 3 is 2.54 bits per heavy atom. The van der Waals surface area contributed by atoms with Gasteiger partial charge >= 0.3 is 19.4 Å². The summed E-state index contributed by atoms with van der Waals surface area (Å²) in [5.74, 6) is -0.529. The number of carbonyl (C=O) groups excluding carboxylic acids is 1. The van der Waals surface area contributed by atoms with Gasteiger partial charge in [0.05, 0.1) is 12.7 Å². The Kier molecular flexibility index (Phi) is 8.59. The second-order valence-corrected chi connectivity index (χ2v) is 9.66. The molecule has 1 aliphatic rings. The molecule has 1 aliphatic heterocycles. The fourth-order valence-electron chi connectivity index (χ4n) is 3.12. The van der Waals surface area contributed by atoms with Crippen LogP contribution in [-0.2, 0) is 23.4 Å². The number of benzene rings is 1. The molecule has 14 nitrogen and oxygen atoms in total. The van der Waals surface area contributed by atoms with E-state index in [0.29, 0.717) is 4.68 Å². The van der Waals surface area contributed by atoms with Crippen LogP contribution in [0.5, 0.6) is 5.75 Å². The summed E-state index contributed by atoms with van der Waals surface area (Å²) in [6.45, 7) is 4.15. The molecule has 2 aromatic rings. The third-order valence-corrected chi connectivity index (χ3v) is 6.39. The van der Waals surface area contributed by atoms with Crippen LogP contribution >= 0.6 is 7.75 Å². The largest absolute Gasteiger partial charge is 0.462 e. The first-order chi connectivity index (χ1) is 16.5. The number of carbonyl (C=O) groups is 1. The Hall–Kier alpha value is -2.87. The zero-order chi connectivity index (χ0) is 25.8. The number of aliphatic hydroxyl groups is 2. The number of aliphatic hydroxyl groups excluding tert-OH is 2.